The Morgan fingerprint density at radius 2 is 1.94 bits per heavy atom. The Hall–Kier alpha value is -1.26. The Morgan fingerprint density at radius 3 is 2.50 bits per heavy atom. The van der Waals surface area contributed by atoms with Gasteiger partial charge >= 0.3 is 6.18 Å². The van der Waals surface area contributed by atoms with Crippen molar-refractivity contribution in [2.45, 2.75) is 44.9 Å². The first kappa shape index (κ1) is 13.2. The second-order valence-corrected chi connectivity index (χ2v) is 4.80. The van der Waals surface area contributed by atoms with Gasteiger partial charge in [-0.3, -0.25) is 0 Å². The van der Waals surface area contributed by atoms with Crippen LogP contribution in [0.1, 0.15) is 38.2 Å². The van der Waals surface area contributed by atoms with E-state index < -0.39 is 11.7 Å². The van der Waals surface area contributed by atoms with Crippen LogP contribution in [0.15, 0.2) is 18.3 Å². The Balaban J connectivity index is 2.02. The number of hydrogen-bond acceptors (Lipinski definition) is 2. The molecule has 2 nitrogen and oxygen atoms in total. The number of alkyl halides is 3. The standard InChI is InChI=1S/C13H16F3NO/c1-9-4-2-3-5-11(9)18-12-7-6-10(8-17-12)13(14,15)16/h6-9,11H,2-5H2,1H3/t9-,11+/m1/s1. The molecule has 0 amide bonds. The van der Waals surface area contributed by atoms with Gasteiger partial charge in [0.1, 0.15) is 6.10 Å². The van der Waals surface area contributed by atoms with Gasteiger partial charge in [-0.05, 0) is 31.2 Å². The zero-order valence-electron chi connectivity index (χ0n) is 10.2. The summed E-state index contributed by atoms with van der Waals surface area (Å²) in [5.41, 5.74) is -0.744. The second kappa shape index (κ2) is 5.16. The van der Waals surface area contributed by atoms with E-state index in [1.165, 1.54) is 12.5 Å². The van der Waals surface area contributed by atoms with Crippen molar-refractivity contribution in [1.29, 1.82) is 0 Å². The first-order valence-electron chi connectivity index (χ1n) is 6.17. The summed E-state index contributed by atoms with van der Waals surface area (Å²) in [6.07, 6.45) is 0.904. The minimum absolute atomic E-state index is 0.0722. The van der Waals surface area contributed by atoms with Gasteiger partial charge in [0.15, 0.2) is 0 Å². The third-order valence-electron chi connectivity index (χ3n) is 3.37. The lowest BCUT2D eigenvalue weighted by Gasteiger charge is -2.28. The van der Waals surface area contributed by atoms with Gasteiger partial charge in [-0.1, -0.05) is 13.3 Å². The Kier molecular flexibility index (Phi) is 3.78. The highest BCUT2D eigenvalue weighted by atomic mass is 19.4. The summed E-state index contributed by atoms with van der Waals surface area (Å²) in [6.45, 7) is 2.11. The molecular formula is C13H16F3NO. The number of aromatic nitrogens is 1. The molecule has 1 heterocycles. The molecule has 1 fully saturated rings. The third kappa shape index (κ3) is 3.15. The number of rotatable bonds is 2. The van der Waals surface area contributed by atoms with Crippen LogP contribution in [0.3, 0.4) is 0 Å². The predicted octanol–water partition coefficient (Wildman–Crippen LogP) is 4.06. The molecule has 0 spiro atoms. The van der Waals surface area contributed by atoms with Crippen molar-refractivity contribution in [2.75, 3.05) is 0 Å². The molecule has 100 valence electrons. The van der Waals surface area contributed by atoms with Gasteiger partial charge in [0.2, 0.25) is 5.88 Å². The van der Waals surface area contributed by atoms with Gasteiger partial charge in [-0.2, -0.15) is 13.2 Å². The quantitative estimate of drug-likeness (QED) is 0.799. The summed E-state index contributed by atoms with van der Waals surface area (Å²) in [7, 11) is 0. The normalized spacial score (nSPS) is 24.9. The van der Waals surface area contributed by atoms with Gasteiger partial charge in [-0.25, -0.2) is 4.98 Å². The minimum Gasteiger partial charge on any atom is -0.474 e. The van der Waals surface area contributed by atoms with E-state index in [-0.39, 0.29) is 12.0 Å². The van der Waals surface area contributed by atoms with Crippen molar-refractivity contribution in [3.63, 3.8) is 0 Å². The van der Waals surface area contributed by atoms with Crippen LogP contribution in [0.5, 0.6) is 5.88 Å². The molecule has 2 rings (SSSR count). The van der Waals surface area contributed by atoms with E-state index in [0.29, 0.717) is 5.92 Å². The average Bonchev–Trinajstić information content (AvgIpc) is 2.32. The van der Waals surface area contributed by atoms with Crippen molar-refractivity contribution in [1.82, 2.24) is 4.98 Å². The molecule has 0 radical (unpaired) electrons. The van der Waals surface area contributed by atoms with E-state index in [2.05, 4.69) is 11.9 Å². The number of halogens is 3. The molecule has 0 unspecified atom stereocenters. The molecule has 1 aliphatic carbocycles. The van der Waals surface area contributed by atoms with E-state index in [9.17, 15) is 13.2 Å². The number of nitrogens with zero attached hydrogens (tertiary/aromatic N) is 1. The lowest BCUT2D eigenvalue weighted by Crippen LogP contribution is -2.28. The molecule has 1 aromatic rings. The lowest BCUT2D eigenvalue weighted by molar-refractivity contribution is -0.137. The fraction of sp³-hybridized carbons (Fsp3) is 0.615. The molecule has 1 aromatic heterocycles. The molecule has 18 heavy (non-hydrogen) atoms. The summed E-state index contributed by atoms with van der Waals surface area (Å²) in [5, 5.41) is 0. The molecule has 0 bridgehead atoms. The van der Waals surface area contributed by atoms with Gasteiger partial charge in [0.25, 0.3) is 0 Å². The maximum absolute atomic E-state index is 12.4. The van der Waals surface area contributed by atoms with Crippen LogP contribution < -0.4 is 4.74 Å². The molecule has 0 aliphatic heterocycles. The highest BCUT2D eigenvalue weighted by molar-refractivity contribution is 5.20. The highest BCUT2D eigenvalue weighted by Crippen LogP contribution is 2.31. The topological polar surface area (TPSA) is 22.1 Å². The monoisotopic (exact) mass is 259 g/mol. The molecule has 2 atom stereocenters. The largest absolute Gasteiger partial charge is 0.474 e. The molecule has 0 aromatic carbocycles. The summed E-state index contributed by atoms with van der Waals surface area (Å²) < 4.78 is 42.7. The van der Waals surface area contributed by atoms with E-state index >= 15 is 0 Å². The fourth-order valence-electron chi connectivity index (χ4n) is 2.23. The van der Waals surface area contributed by atoms with E-state index in [4.69, 9.17) is 4.74 Å². The number of pyridine rings is 1. The van der Waals surface area contributed by atoms with Crippen LogP contribution in [-0.4, -0.2) is 11.1 Å². The van der Waals surface area contributed by atoms with Crippen LogP contribution in [0.2, 0.25) is 0 Å². The summed E-state index contributed by atoms with van der Waals surface area (Å²) in [5.74, 6) is 0.713. The molecular weight excluding hydrogens is 243 g/mol. The summed E-state index contributed by atoms with van der Waals surface area (Å²) in [4.78, 5) is 3.73. The Bertz CT molecular complexity index is 388. The molecule has 0 N–H and O–H groups in total. The lowest BCUT2D eigenvalue weighted by atomic mass is 9.88. The summed E-state index contributed by atoms with van der Waals surface area (Å²) in [6, 6.07) is 2.31. The fourth-order valence-corrected chi connectivity index (χ4v) is 2.23. The average molecular weight is 259 g/mol. The highest BCUT2D eigenvalue weighted by Gasteiger charge is 2.31. The maximum atomic E-state index is 12.4. The van der Waals surface area contributed by atoms with Crippen LogP contribution in [0.4, 0.5) is 13.2 Å². The first-order chi connectivity index (χ1) is 8.47. The number of hydrogen-bond donors (Lipinski definition) is 0. The smallest absolute Gasteiger partial charge is 0.417 e. The Morgan fingerprint density at radius 1 is 1.22 bits per heavy atom. The van der Waals surface area contributed by atoms with Crippen molar-refractivity contribution in [3.8, 4) is 5.88 Å². The van der Waals surface area contributed by atoms with Crippen molar-refractivity contribution in [2.24, 2.45) is 5.92 Å². The van der Waals surface area contributed by atoms with Crippen molar-refractivity contribution in [3.05, 3.63) is 23.9 Å². The zero-order valence-corrected chi connectivity index (χ0v) is 10.2. The van der Waals surface area contributed by atoms with Crippen LogP contribution >= 0.6 is 0 Å². The summed E-state index contributed by atoms with van der Waals surface area (Å²) >= 11 is 0. The number of ether oxygens (including phenoxy) is 1. The Labute approximate surface area is 104 Å². The van der Waals surface area contributed by atoms with E-state index in [0.717, 1.165) is 31.5 Å². The third-order valence-corrected chi connectivity index (χ3v) is 3.37. The van der Waals surface area contributed by atoms with Crippen LogP contribution in [0.25, 0.3) is 0 Å². The minimum atomic E-state index is -4.34. The van der Waals surface area contributed by atoms with Gasteiger partial charge < -0.3 is 4.74 Å². The van der Waals surface area contributed by atoms with E-state index in [1.807, 2.05) is 0 Å². The maximum Gasteiger partial charge on any atom is 0.417 e. The van der Waals surface area contributed by atoms with Crippen LogP contribution in [-0.2, 0) is 6.18 Å². The van der Waals surface area contributed by atoms with Crippen molar-refractivity contribution >= 4 is 0 Å². The second-order valence-electron chi connectivity index (χ2n) is 4.80. The van der Waals surface area contributed by atoms with Crippen LogP contribution in [0, 0.1) is 5.92 Å². The zero-order chi connectivity index (χ0) is 13.2. The van der Waals surface area contributed by atoms with Gasteiger partial charge in [0.05, 0.1) is 5.56 Å². The molecule has 1 aliphatic rings. The van der Waals surface area contributed by atoms with Crippen molar-refractivity contribution < 1.29 is 17.9 Å². The molecule has 0 saturated heterocycles. The van der Waals surface area contributed by atoms with Gasteiger partial charge in [-0.15, -0.1) is 0 Å². The first-order valence-corrected chi connectivity index (χ1v) is 6.17. The van der Waals surface area contributed by atoms with E-state index in [1.54, 1.807) is 0 Å². The molecule has 5 heteroatoms. The van der Waals surface area contributed by atoms with Gasteiger partial charge in [0, 0.05) is 12.3 Å². The molecule has 1 saturated carbocycles. The predicted molar refractivity (Wildman–Crippen MR) is 61.3 cm³/mol. The SMILES string of the molecule is C[C@@H]1CCCC[C@@H]1Oc1ccc(C(F)(F)F)cn1.